The van der Waals surface area contributed by atoms with Crippen molar-refractivity contribution >= 4 is 23.1 Å². The molecule has 0 heterocycles. The van der Waals surface area contributed by atoms with Crippen LogP contribution in [0.5, 0.6) is 0 Å². The number of hydrogen-bond acceptors (Lipinski definition) is 2. The Kier molecular flexibility index (Phi) is 4.53. The van der Waals surface area contributed by atoms with Gasteiger partial charge < -0.3 is 5.32 Å². The molecular weight excluding hydrogens is 265 g/mol. The summed E-state index contributed by atoms with van der Waals surface area (Å²) >= 11 is 5.78. The minimum atomic E-state index is -0.405. The van der Waals surface area contributed by atoms with Crippen LogP contribution in [0.25, 0.3) is 0 Å². The molecule has 0 spiro atoms. The average molecular weight is 278 g/mol. The number of halogens is 2. The highest BCUT2D eigenvalue weighted by Crippen LogP contribution is 2.15. The molecule has 0 bridgehead atoms. The van der Waals surface area contributed by atoms with Crippen LogP contribution in [0.4, 0.5) is 10.1 Å². The van der Waals surface area contributed by atoms with Crippen LogP contribution < -0.4 is 5.32 Å². The number of carbonyl (C=O) groups excluding carboxylic acids is 1. The van der Waals surface area contributed by atoms with E-state index in [0.717, 1.165) is 5.69 Å². The third-order valence-corrected chi connectivity index (χ3v) is 2.89. The molecule has 0 aliphatic heterocycles. The summed E-state index contributed by atoms with van der Waals surface area (Å²) in [5, 5.41) is 3.42. The Morgan fingerprint density at radius 3 is 2.63 bits per heavy atom. The van der Waals surface area contributed by atoms with Crippen molar-refractivity contribution in [1.82, 2.24) is 0 Å². The molecule has 0 aromatic heterocycles. The van der Waals surface area contributed by atoms with Crippen molar-refractivity contribution in [1.29, 1.82) is 0 Å². The van der Waals surface area contributed by atoms with Gasteiger partial charge in [-0.3, -0.25) is 4.79 Å². The maximum absolute atomic E-state index is 13.5. The fourth-order valence-corrected chi connectivity index (χ4v) is 1.91. The van der Waals surface area contributed by atoms with Gasteiger partial charge in [-0.1, -0.05) is 29.8 Å². The van der Waals surface area contributed by atoms with Crippen molar-refractivity contribution < 1.29 is 9.18 Å². The molecule has 4 heteroatoms. The quantitative estimate of drug-likeness (QED) is 0.903. The van der Waals surface area contributed by atoms with E-state index in [1.165, 1.54) is 18.2 Å². The molecule has 0 unspecified atom stereocenters. The van der Waals surface area contributed by atoms with E-state index in [0.29, 0.717) is 10.6 Å². The molecule has 0 saturated heterocycles. The summed E-state index contributed by atoms with van der Waals surface area (Å²) in [5.74, 6) is -0.498. The number of rotatable bonds is 5. The molecule has 0 amide bonds. The van der Waals surface area contributed by atoms with E-state index < -0.39 is 5.82 Å². The van der Waals surface area contributed by atoms with Gasteiger partial charge in [0.1, 0.15) is 5.82 Å². The molecule has 0 aliphatic carbocycles. The first-order chi connectivity index (χ1) is 9.15. The number of para-hydroxylation sites is 1. The Morgan fingerprint density at radius 1 is 1.16 bits per heavy atom. The average Bonchev–Trinajstić information content (AvgIpc) is 2.42. The molecule has 1 N–H and O–H groups in total. The topological polar surface area (TPSA) is 29.1 Å². The molecule has 2 rings (SSSR count). The third-order valence-electron chi connectivity index (χ3n) is 2.66. The van der Waals surface area contributed by atoms with Gasteiger partial charge in [0.2, 0.25) is 0 Å². The molecule has 0 atom stereocenters. The summed E-state index contributed by atoms with van der Waals surface area (Å²) in [6.45, 7) is 0.163. The predicted molar refractivity (Wildman–Crippen MR) is 75.1 cm³/mol. The van der Waals surface area contributed by atoms with E-state index in [2.05, 4.69) is 5.32 Å². The van der Waals surface area contributed by atoms with Crippen LogP contribution in [-0.4, -0.2) is 12.3 Å². The van der Waals surface area contributed by atoms with Gasteiger partial charge in [-0.15, -0.1) is 0 Å². The highest BCUT2D eigenvalue weighted by molar-refractivity contribution is 6.30. The van der Waals surface area contributed by atoms with Crippen LogP contribution in [0.15, 0.2) is 48.5 Å². The van der Waals surface area contributed by atoms with Gasteiger partial charge in [-0.25, -0.2) is 4.39 Å². The second-order valence-corrected chi connectivity index (χ2v) is 4.61. The van der Waals surface area contributed by atoms with E-state index in [4.69, 9.17) is 11.6 Å². The van der Waals surface area contributed by atoms with E-state index in [1.807, 2.05) is 30.3 Å². The zero-order chi connectivity index (χ0) is 13.7. The van der Waals surface area contributed by atoms with Gasteiger partial charge in [0, 0.05) is 17.1 Å². The third kappa shape index (κ3) is 4.07. The van der Waals surface area contributed by atoms with Crippen LogP contribution in [-0.2, 0) is 11.2 Å². The summed E-state index contributed by atoms with van der Waals surface area (Å²) in [5.41, 5.74) is 1.19. The molecule has 2 nitrogen and oxygen atoms in total. The molecule has 0 aliphatic rings. The Balaban J connectivity index is 1.93. The minimum Gasteiger partial charge on any atom is -0.378 e. The highest BCUT2D eigenvalue weighted by atomic mass is 35.5. The van der Waals surface area contributed by atoms with Gasteiger partial charge in [-0.05, 0) is 35.9 Å². The van der Waals surface area contributed by atoms with Crippen molar-refractivity contribution in [3.8, 4) is 0 Å². The molecule has 19 heavy (non-hydrogen) atoms. The number of hydrogen-bond donors (Lipinski definition) is 1. The highest BCUT2D eigenvalue weighted by Gasteiger charge is 2.08. The number of Topliss-reactive ketones (excluding diaryl/α,β-unsaturated/α-hetero) is 1. The summed E-state index contributed by atoms with van der Waals surface area (Å²) in [4.78, 5) is 11.8. The lowest BCUT2D eigenvalue weighted by molar-refractivity contribution is -0.116. The zero-order valence-electron chi connectivity index (χ0n) is 10.2. The van der Waals surface area contributed by atoms with Gasteiger partial charge in [0.25, 0.3) is 0 Å². The Bertz CT molecular complexity index is 572. The van der Waals surface area contributed by atoms with Gasteiger partial charge in [0.05, 0.1) is 6.54 Å². The van der Waals surface area contributed by atoms with Crippen molar-refractivity contribution in [2.24, 2.45) is 0 Å². The van der Waals surface area contributed by atoms with Gasteiger partial charge in [-0.2, -0.15) is 0 Å². The first-order valence-corrected chi connectivity index (χ1v) is 6.27. The molecule has 0 radical (unpaired) electrons. The lowest BCUT2D eigenvalue weighted by Crippen LogP contribution is -2.16. The van der Waals surface area contributed by atoms with Crippen LogP contribution in [0, 0.1) is 5.82 Å². The zero-order valence-corrected chi connectivity index (χ0v) is 11.0. The number of ketones is 1. The molecular formula is C15H13ClFNO. The molecule has 0 fully saturated rings. The monoisotopic (exact) mass is 277 g/mol. The van der Waals surface area contributed by atoms with Crippen molar-refractivity contribution in [3.05, 3.63) is 64.9 Å². The van der Waals surface area contributed by atoms with Crippen LogP contribution in [0.1, 0.15) is 5.56 Å². The smallest absolute Gasteiger partial charge is 0.156 e. The summed E-state index contributed by atoms with van der Waals surface area (Å²) < 4.78 is 13.5. The Morgan fingerprint density at radius 2 is 1.89 bits per heavy atom. The molecule has 98 valence electrons. The van der Waals surface area contributed by atoms with E-state index in [9.17, 15) is 9.18 Å². The Hall–Kier alpha value is -1.87. The predicted octanol–water partition coefficient (Wildman–Crippen LogP) is 3.70. The van der Waals surface area contributed by atoms with E-state index >= 15 is 0 Å². The van der Waals surface area contributed by atoms with Crippen LogP contribution >= 0.6 is 11.6 Å². The fourth-order valence-electron chi connectivity index (χ4n) is 1.71. The van der Waals surface area contributed by atoms with Gasteiger partial charge in [0.15, 0.2) is 5.78 Å². The second-order valence-electron chi connectivity index (χ2n) is 4.17. The van der Waals surface area contributed by atoms with Crippen molar-refractivity contribution in [3.63, 3.8) is 0 Å². The number of nitrogens with one attached hydrogen (secondary N) is 1. The maximum atomic E-state index is 13.5. The Labute approximate surface area is 116 Å². The normalized spacial score (nSPS) is 10.2. The summed E-state index contributed by atoms with van der Waals surface area (Å²) in [6.07, 6.45) is 0.0340. The first-order valence-electron chi connectivity index (χ1n) is 5.90. The SMILES string of the molecule is O=C(CNc1ccccc1)Cc1cc(Cl)ccc1F. The molecule has 0 saturated carbocycles. The standard InChI is InChI=1S/C15H13ClFNO/c16-12-6-7-15(17)11(8-12)9-14(19)10-18-13-4-2-1-3-5-13/h1-8,18H,9-10H2. The van der Waals surface area contributed by atoms with Crippen molar-refractivity contribution in [2.75, 3.05) is 11.9 Å². The number of carbonyl (C=O) groups is 1. The number of anilines is 1. The minimum absolute atomic E-state index is 0.0340. The van der Waals surface area contributed by atoms with Crippen molar-refractivity contribution in [2.45, 2.75) is 6.42 Å². The molecule has 2 aromatic rings. The van der Waals surface area contributed by atoms with E-state index in [-0.39, 0.29) is 18.7 Å². The van der Waals surface area contributed by atoms with Gasteiger partial charge >= 0.3 is 0 Å². The van der Waals surface area contributed by atoms with E-state index in [1.54, 1.807) is 0 Å². The summed E-state index contributed by atoms with van der Waals surface area (Å²) in [6, 6.07) is 13.6. The molecule has 2 aromatic carbocycles. The maximum Gasteiger partial charge on any atom is 0.156 e. The lowest BCUT2D eigenvalue weighted by Gasteiger charge is -2.06. The summed E-state index contributed by atoms with van der Waals surface area (Å²) in [7, 11) is 0. The van der Waals surface area contributed by atoms with Crippen LogP contribution in [0.3, 0.4) is 0 Å². The fraction of sp³-hybridized carbons (Fsp3) is 0.133. The first kappa shape index (κ1) is 13.6. The lowest BCUT2D eigenvalue weighted by atomic mass is 10.1. The largest absolute Gasteiger partial charge is 0.378 e. The second kappa shape index (κ2) is 6.34. The number of benzene rings is 2. The van der Waals surface area contributed by atoms with Crippen LogP contribution in [0.2, 0.25) is 5.02 Å².